The van der Waals surface area contributed by atoms with Crippen molar-refractivity contribution in [1.82, 2.24) is 4.57 Å². The van der Waals surface area contributed by atoms with Crippen LogP contribution in [0.4, 0.5) is 5.69 Å². The quantitative estimate of drug-likeness (QED) is 0.204. The van der Waals surface area contributed by atoms with Crippen molar-refractivity contribution in [3.8, 4) is 17.5 Å². The third kappa shape index (κ3) is 5.63. The van der Waals surface area contributed by atoms with Gasteiger partial charge in [-0.25, -0.2) is 0 Å². The summed E-state index contributed by atoms with van der Waals surface area (Å²) < 4.78 is 7.95. The van der Waals surface area contributed by atoms with Crippen LogP contribution < -0.4 is 10.1 Å². The Hall–Kier alpha value is -3.98. The first-order chi connectivity index (χ1) is 17.4. The van der Waals surface area contributed by atoms with Gasteiger partial charge in [0.1, 0.15) is 24.0 Å². The number of rotatable bonds is 7. The van der Waals surface area contributed by atoms with E-state index >= 15 is 0 Å². The van der Waals surface area contributed by atoms with Crippen LogP contribution >= 0.6 is 23.2 Å². The van der Waals surface area contributed by atoms with E-state index in [9.17, 15) is 10.1 Å². The highest BCUT2D eigenvalue weighted by molar-refractivity contribution is 6.44. The summed E-state index contributed by atoms with van der Waals surface area (Å²) in [6.45, 7) is 4.41. The highest BCUT2D eigenvalue weighted by Gasteiger charge is 2.16. The van der Waals surface area contributed by atoms with E-state index in [1.165, 1.54) is 0 Å². The molecule has 1 heterocycles. The van der Waals surface area contributed by atoms with Crippen LogP contribution in [0.2, 0.25) is 10.0 Å². The molecule has 1 aromatic heterocycles. The van der Waals surface area contributed by atoms with Crippen LogP contribution in [0.25, 0.3) is 11.8 Å². The third-order valence-corrected chi connectivity index (χ3v) is 6.50. The van der Waals surface area contributed by atoms with E-state index in [2.05, 4.69) is 9.88 Å². The summed E-state index contributed by atoms with van der Waals surface area (Å²) in [5, 5.41) is 12.8. The van der Waals surface area contributed by atoms with Crippen molar-refractivity contribution in [1.29, 1.82) is 5.26 Å². The van der Waals surface area contributed by atoms with Crippen LogP contribution in [0.1, 0.15) is 22.5 Å². The number of anilines is 1. The zero-order valence-corrected chi connectivity index (χ0v) is 21.3. The van der Waals surface area contributed by atoms with E-state index in [0.29, 0.717) is 17.3 Å². The molecule has 3 aromatic carbocycles. The molecule has 0 aliphatic carbocycles. The molecule has 0 bridgehead atoms. The van der Waals surface area contributed by atoms with E-state index in [4.69, 9.17) is 27.9 Å². The minimum absolute atomic E-state index is 0.0454. The smallest absolute Gasteiger partial charge is 0.266 e. The van der Waals surface area contributed by atoms with Gasteiger partial charge in [-0.2, -0.15) is 5.26 Å². The molecule has 0 saturated heterocycles. The van der Waals surface area contributed by atoms with Crippen LogP contribution in [0.5, 0.6) is 5.75 Å². The molecule has 5 nitrogen and oxygen atoms in total. The number of nitriles is 1. The number of ether oxygens (including phenoxy) is 1. The van der Waals surface area contributed by atoms with E-state index in [1.54, 1.807) is 24.3 Å². The van der Waals surface area contributed by atoms with Crippen LogP contribution in [0, 0.1) is 25.2 Å². The maximum Gasteiger partial charge on any atom is 0.266 e. The SMILES string of the molecule is Cc1cc(/C=C(/C#N)C(=O)Nc2cccc(Cl)c2Cl)c(C)n1-c1ccc(OCc2ccccc2)cc1. The number of amides is 1. The number of benzene rings is 3. The molecular formula is C29H23Cl2N3O2. The second-order valence-electron chi connectivity index (χ2n) is 8.16. The van der Waals surface area contributed by atoms with Gasteiger partial charge in [-0.3, -0.25) is 4.79 Å². The lowest BCUT2D eigenvalue weighted by atomic mass is 10.1. The Morgan fingerprint density at radius 2 is 1.75 bits per heavy atom. The average molecular weight is 516 g/mol. The van der Waals surface area contributed by atoms with Crippen molar-refractivity contribution < 1.29 is 9.53 Å². The zero-order chi connectivity index (χ0) is 25.7. The maximum absolute atomic E-state index is 12.8. The number of carbonyl (C=O) groups excluding carboxylic acids is 1. The van der Waals surface area contributed by atoms with Crippen LogP contribution in [0.3, 0.4) is 0 Å². The van der Waals surface area contributed by atoms with Crippen molar-refractivity contribution in [3.63, 3.8) is 0 Å². The minimum atomic E-state index is -0.564. The lowest BCUT2D eigenvalue weighted by Gasteiger charge is -2.12. The Morgan fingerprint density at radius 1 is 1.03 bits per heavy atom. The molecule has 0 fully saturated rings. The molecular weight excluding hydrogens is 493 g/mol. The number of nitrogens with one attached hydrogen (secondary N) is 1. The Balaban J connectivity index is 1.53. The molecule has 0 spiro atoms. The first-order valence-corrected chi connectivity index (χ1v) is 12.0. The van der Waals surface area contributed by atoms with Gasteiger partial charge in [0, 0.05) is 17.1 Å². The van der Waals surface area contributed by atoms with Gasteiger partial charge in [-0.05, 0) is 73.5 Å². The maximum atomic E-state index is 12.8. The Morgan fingerprint density at radius 3 is 2.44 bits per heavy atom. The van der Waals surface area contributed by atoms with Crippen LogP contribution in [-0.2, 0) is 11.4 Å². The van der Waals surface area contributed by atoms with E-state index in [1.807, 2.05) is 80.6 Å². The Kier molecular flexibility index (Phi) is 7.80. The van der Waals surface area contributed by atoms with Gasteiger partial charge in [0.15, 0.2) is 0 Å². The number of hydrogen-bond acceptors (Lipinski definition) is 3. The van der Waals surface area contributed by atoms with E-state index in [0.717, 1.165) is 34.0 Å². The highest BCUT2D eigenvalue weighted by atomic mass is 35.5. The number of halogens is 2. The fraction of sp³-hybridized carbons (Fsp3) is 0.103. The monoisotopic (exact) mass is 515 g/mol. The molecule has 0 saturated carbocycles. The van der Waals surface area contributed by atoms with E-state index in [-0.39, 0.29) is 10.6 Å². The number of hydrogen-bond donors (Lipinski definition) is 1. The summed E-state index contributed by atoms with van der Waals surface area (Å²) in [5.41, 5.74) is 4.97. The molecule has 0 aliphatic rings. The third-order valence-electron chi connectivity index (χ3n) is 5.68. The largest absolute Gasteiger partial charge is 0.489 e. The standard InChI is InChI=1S/C29H23Cl2N3O2/c1-19-15-22(16-23(17-32)29(35)33-27-10-6-9-26(30)28(27)31)20(2)34(19)24-11-13-25(14-12-24)36-18-21-7-4-3-5-8-21/h3-16H,18H2,1-2H3,(H,33,35)/b23-16-. The van der Waals surface area contributed by atoms with Gasteiger partial charge >= 0.3 is 0 Å². The van der Waals surface area contributed by atoms with Crippen molar-refractivity contribution >= 4 is 40.9 Å². The summed E-state index contributed by atoms with van der Waals surface area (Å²) in [6.07, 6.45) is 1.57. The first-order valence-electron chi connectivity index (χ1n) is 11.2. The number of carbonyl (C=O) groups is 1. The first kappa shape index (κ1) is 25.1. The second kappa shape index (κ2) is 11.2. The fourth-order valence-electron chi connectivity index (χ4n) is 3.86. The van der Waals surface area contributed by atoms with Crippen LogP contribution in [-0.4, -0.2) is 10.5 Å². The minimum Gasteiger partial charge on any atom is -0.489 e. The number of aryl methyl sites for hydroxylation is 1. The van der Waals surface area contributed by atoms with Crippen molar-refractivity contribution in [3.05, 3.63) is 117 Å². The van der Waals surface area contributed by atoms with Gasteiger partial charge in [0.2, 0.25) is 0 Å². The van der Waals surface area contributed by atoms with Crippen molar-refractivity contribution in [2.24, 2.45) is 0 Å². The molecule has 4 aromatic rings. The number of nitrogens with zero attached hydrogens (tertiary/aromatic N) is 2. The molecule has 0 unspecified atom stereocenters. The van der Waals surface area contributed by atoms with Gasteiger partial charge < -0.3 is 14.6 Å². The van der Waals surface area contributed by atoms with Gasteiger partial charge in [0.05, 0.1) is 15.7 Å². The zero-order valence-electron chi connectivity index (χ0n) is 19.8. The molecule has 180 valence electrons. The number of aromatic nitrogens is 1. The van der Waals surface area contributed by atoms with E-state index < -0.39 is 5.91 Å². The predicted octanol–water partition coefficient (Wildman–Crippen LogP) is 7.53. The van der Waals surface area contributed by atoms with Gasteiger partial charge in [-0.1, -0.05) is 59.6 Å². The topological polar surface area (TPSA) is 67.0 Å². The molecule has 0 aliphatic heterocycles. The van der Waals surface area contributed by atoms with Crippen molar-refractivity contribution in [2.45, 2.75) is 20.5 Å². The summed E-state index contributed by atoms with van der Waals surface area (Å²) >= 11 is 12.2. The van der Waals surface area contributed by atoms with Gasteiger partial charge in [0.25, 0.3) is 5.91 Å². The second-order valence-corrected chi connectivity index (χ2v) is 8.94. The normalized spacial score (nSPS) is 11.1. The average Bonchev–Trinajstić information content (AvgIpc) is 3.17. The predicted molar refractivity (Wildman–Crippen MR) is 145 cm³/mol. The van der Waals surface area contributed by atoms with Crippen LogP contribution in [0.15, 0.2) is 84.4 Å². The van der Waals surface area contributed by atoms with Gasteiger partial charge in [-0.15, -0.1) is 0 Å². The summed E-state index contributed by atoms with van der Waals surface area (Å²) in [6, 6.07) is 26.6. The fourth-order valence-corrected chi connectivity index (χ4v) is 4.21. The highest BCUT2D eigenvalue weighted by Crippen LogP contribution is 2.30. The lowest BCUT2D eigenvalue weighted by molar-refractivity contribution is -0.112. The van der Waals surface area contributed by atoms with Crippen molar-refractivity contribution in [2.75, 3.05) is 5.32 Å². The lowest BCUT2D eigenvalue weighted by Crippen LogP contribution is -2.13. The molecule has 7 heteroatoms. The molecule has 0 radical (unpaired) electrons. The summed E-state index contributed by atoms with van der Waals surface area (Å²) in [7, 11) is 0. The molecule has 1 amide bonds. The molecule has 4 rings (SSSR count). The molecule has 36 heavy (non-hydrogen) atoms. The molecule has 1 N–H and O–H groups in total. The summed E-state index contributed by atoms with van der Waals surface area (Å²) in [5.74, 6) is 0.208. The molecule has 0 atom stereocenters. The Bertz CT molecular complexity index is 1470. The Labute approximate surface area is 220 Å². The summed E-state index contributed by atoms with van der Waals surface area (Å²) in [4.78, 5) is 12.8.